The number of carbonyl (C=O) groups excluding carboxylic acids is 1. The number of anilines is 1. The van der Waals surface area contributed by atoms with Gasteiger partial charge in [0.25, 0.3) is 0 Å². The number of aromatic nitrogens is 4. The number of hydrogen-bond acceptors (Lipinski definition) is 9. The maximum Gasteiger partial charge on any atom is 0.343 e. The lowest BCUT2D eigenvalue weighted by atomic mass is 10.1. The average Bonchev–Trinajstić information content (AvgIpc) is 3.53. The summed E-state index contributed by atoms with van der Waals surface area (Å²) in [7, 11) is 0. The van der Waals surface area contributed by atoms with E-state index >= 15 is 0 Å². The Bertz CT molecular complexity index is 1820. The first-order chi connectivity index (χ1) is 21.5. The third-order valence-electron chi connectivity index (χ3n) is 7.41. The molecule has 6 rings (SSSR count). The van der Waals surface area contributed by atoms with Gasteiger partial charge in [-0.1, -0.05) is 48.0 Å². The predicted molar refractivity (Wildman–Crippen MR) is 167 cm³/mol. The van der Waals surface area contributed by atoms with Gasteiger partial charge in [0.05, 0.1) is 41.3 Å². The van der Waals surface area contributed by atoms with E-state index in [0.29, 0.717) is 41.3 Å². The van der Waals surface area contributed by atoms with Gasteiger partial charge in [-0.2, -0.15) is 0 Å². The number of nitrogens with zero attached hydrogens (tertiary/aromatic N) is 5. The molecule has 0 unspecified atom stereocenters. The second kappa shape index (κ2) is 13.1. The third-order valence-corrected chi connectivity index (χ3v) is 7.71. The van der Waals surface area contributed by atoms with Gasteiger partial charge in [-0.15, -0.1) is 0 Å². The molecule has 1 atom stereocenters. The highest BCUT2D eigenvalue weighted by Crippen LogP contribution is 2.35. The van der Waals surface area contributed by atoms with Crippen LogP contribution in [0.5, 0.6) is 11.8 Å². The molecular weight excluding hydrogens is 582 g/mol. The highest BCUT2D eigenvalue weighted by molar-refractivity contribution is 6.34. The standard InChI is InChI=1S/C33H30ClN5O5/c1-2-42-33(41)25-19-39(29-17-37-31(18-36-29)43-20-22-9-4-3-5-10-22)27-16-28(26(34)15-24(27)32(25)40)38-14-8-11-23(38)21-44-30-12-6-7-13-35-30/h3-7,9-10,12-13,15-19,23H,2,8,11,14,20-21H2,1H3/t23-/m1/s1. The molecule has 1 fully saturated rings. The molecule has 4 heterocycles. The minimum atomic E-state index is -0.726. The highest BCUT2D eigenvalue weighted by Gasteiger charge is 2.28. The van der Waals surface area contributed by atoms with Crippen molar-refractivity contribution in [3.05, 3.63) is 112 Å². The summed E-state index contributed by atoms with van der Waals surface area (Å²) < 4.78 is 18.6. The fraction of sp³-hybridized carbons (Fsp3) is 0.242. The van der Waals surface area contributed by atoms with Gasteiger partial charge in [-0.3, -0.25) is 9.36 Å². The molecule has 5 aromatic rings. The lowest BCUT2D eigenvalue weighted by molar-refractivity contribution is 0.0524. The third kappa shape index (κ3) is 6.21. The molecule has 1 aliphatic rings. The van der Waals surface area contributed by atoms with Crippen molar-refractivity contribution in [2.24, 2.45) is 0 Å². The van der Waals surface area contributed by atoms with Crippen LogP contribution in [0.1, 0.15) is 35.7 Å². The van der Waals surface area contributed by atoms with Crippen LogP contribution in [0.4, 0.5) is 5.69 Å². The van der Waals surface area contributed by atoms with E-state index in [1.54, 1.807) is 23.8 Å². The summed E-state index contributed by atoms with van der Waals surface area (Å²) in [5.41, 5.74) is 1.66. The van der Waals surface area contributed by atoms with Crippen LogP contribution in [-0.2, 0) is 11.3 Å². The van der Waals surface area contributed by atoms with E-state index < -0.39 is 11.4 Å². The summed E-state index contributed by atoms with van der Waals surface area (Å²) in [6.07, 6.45) is 8.04. The Kier molecular flexibility index (Phi) is 8.69. The van der Waals surface area contributed by atoms with Gasteiger partial charge in [-0.25, -0.2) is 19.7 Å². The van der Waals surface area contributed by atoms with E-state index in [4.69, 9.17) is 25.8 Å². The lowest BCUT2D eigenvalue weighted by Crippen LogP contribution is -2.34. The molecular formula is C33H30ClN5O5. The van der Waals surface area contributed by atoms with Crippen molar-refractivity contribution in [1.82, 2.24) is 19.5 Å². The first-order valence-electron chi connectivity index (χ1n) is 14.4. The fourth-order valence-electron chi connectivity index (χ4n) is 5.28. The minimum absolute atomic E-state index is 0.0479. The Balaban J connectivity index is 1.37. The number of carbonyl (C=O) groups is 1. The van der Waals surface area contributed by atoms with Crippen LogP contribution in [0.15, 0.2) is 90.2 Å². The smallest absolute Gasteiger partial charge is 0.343 e. The molecule has 0 bridgehead atoms. The molecule has 1 aliphatic heterocycles. The van der Waals surface area contributed by atoms with Crippen molar-refractivity contribution < 1.29 is 19.0 Å². The first kappa shape index (κ1) is 29.1. The molecule has 0 spiro atoms. The minimum Gasteiger partial charge on any atom is -0.475 e. The molecule has 10 nitrogen and oxygen atoms in total. The number of rotatable bonds is 10. The fourth-order valence-corrected chi connectivity index (χ4v) is 5.55. The largest absolute Gasteiger partial charge is 0.475 e. The van der Waals surface area contributed by atoms with Crippen LogP contribution >= 0.6 is 11.6 Å². The van der Waals surface area contributed by atoms with Gasteiger partial charge < -0.3 is 19.1 Å². The summed E-state index contributed by atoms with van der Waals surface area (Å²) in [5, 5.41) is 0.652. The maximum absolute atomic E-state index is 13.5. The van der Waals surface area contributed by atoms with Crippen LogP contribution in [0.2, 0.25) is 5.02 Å². The van der Waals surface area contributed by atoms with Gasteiger partial charge in [-0.05, 0) is 43.5 Å². The zero-order valence-corrected chi connectivity index (χ0v) is 24.8. The SMILES string of the molecule is CCOC(=O)c1cn(-c2cnc(OCc3ccccc3)cn2)c2cc(N3CCC[C@@H]3COc3ccccn3)c(Cl)cc2c1=O. The van der Waals surface area contributed by atoms with Gasteiger partial charge in [0.1, 0.15) is 18.8 Å². The van der Waals surface area contributed by atoms with Gasteiger partial charge >= 0.3 is 5.97 Å². The second-order valence-corrected chi connectivity index (χ2v) is 10.6. The molecule has 3 aromatic heterocycles. The Hall–Kier alpha value is -4.96. The maximum atomic E-state index is 13.5. The zero-order chi connectivity index (χ0) is 30.5. The number of hydrogen-bond donors (Lipinski definition) is 0. The molecule has 0 N–H and O–H groups in total. The normalized spacial score (nSPS) is 14.5. The van der Waals surface area contributed by atoms with Crippen LogP contribution < -0.4 is 19.8 Å². The molecule has 0 saturated carbocycles. The van der Waals surface area contributed by atoms with Crippen LogP contribution in [0, 0.1) is 0 Å². The zero-order valence-electron chi connectivity index (χ0n) is 24.1. The van der Waals surface area contributed by atoms with Crippen molar-refractivity contribution in [2.45, 2.75) is 32.4 Å². The molecule has 44 heavy (non-hydrogen) atoms. The van der Waals surface area contributed by atoms with Gasteiger partial charge in [0.15, 0.2) is 5.82 Å². The first-order valence-corrected chi connectivity index (χ1v) is 14.7. The van der Waals surface area contributed by atoms with Crippen molar-refractivity contribution in [2.75, 3.05) is 24.7 Å². The lowest BCUT2D eigenvalue weighted by Gasteiger charge is -2.28. The number of ether oxygens (including phenoxy) is 3. The summed E-state index contributed by atoms with van der Waals surface area (Å²) in [5.74, 6) is 0.553. The van der Waals surface area contributed by atoms with Crippen LogP contribution in [0.25, 0.3) is 16.7 Å². The Morgan fingerprint density at radius 2 is 1.84 bits per heavy atom. The Labute approximate surface area is 258 Å². The molecule has 1 saturated heterocycles. The van der Waals surface area contributed by atoms with Gasteiger partial charge in [0, 0.05) is 30.4 Å². The van der Waals surface area contributed by atoms with Gasteiger partial charge in [0.2, 0.25) is 17.2 Å². The summed E-state index contributed by atoms with van der Waals surface area (Å²) in [6.45, 7) is 3.34. The Morgan fingerprint density at radius 3 is 2.59 bits per heavy atom. The summed E-state index contributed by atoms with van der Waals surface area (Å²) >= 11 is 6.83. The summed E-state index contributed by atoms with van der Waals surface area (Å²) in [6, 6.07) is 18.8. The van der Waals surface area contributed by atoms with Crippen molar-refractivity contribution in [3.63, 3.8) is 0 Å². The van der Waals surface area contributed by atoms with E-state index in [9.17, 15) is 9.59 Å². The predicted octanol–water partition coefficient (Wildman–Crippen LogP) is 5.63. The van der Waals surface area contributed by atoms with E-state index in [-0.39, 0.29) is 23.6 Å². The number of fused-ring (bicyclic) bond motifs is 1. The van der Waals surface area contributed by atoms with Crippen LogP contribution in [-0.4, -0.2) is 51.3 Å². The van der Waals surface area contributed by atoms with Crippen molar-refractivity contribution in [3.8, 4) is 17.6 Å². The molecule has 0 aliphatic carbocycles. The quantitative estimate of drug-likeness (QED) is 0.186. The molecule has 0 radical (unpaired) electrons. The van der Waals surface area contributed by atoms with Crippen molar-refractivity contribution in [1.29, 1.82) is 0 Å². The number of pyridine rings is 2. The second-order valence-electron chi connectivity index (χ2n) is 10.2. The van der Waals surface area contributed by atoms with E-state index in [1.165, 1.54) is 18.6 Å². The molecule has 11 heteroatoms. The molecule has 0 amide bonds. The molecule has 2 aromatic carbocycles. The van der Waals surface area contributed by atoms with Crippen molar-refractivity contribution >= 4 is 34.2 Å². The summed E-state index contributed by atoms with van der Waals surface area (Å²) in [4.78, 5) is 41.8. The number of benzene rings is 2. The van der Waals surface area contributed by atoms with E-state index in [1.807, 2.05) is 54.6 Å². The van der Waals surface area contributed by atoms with E-state index in [0.717, 1.165) is 30.6 Å². The average molecular weight is 612 g/mol. The molecule has 224 valence electrons. The van der Waals surface area contributed by atoms with E-state index in [2.05, 4.69) is 19.9 Å². The topological polar surface area (TPSA) is 109 Å². The number of esters is 1. The Morgan fingerprint density at radius 1 is 1.00 bits per heavy atom. The monoisotopic (exact) mass is 611 g/mol. The number of halogens is 1. The van der Waals surface area contributed by atoms with Crippen LogP contribution in [0.3, 0.4) is 0 Å². The highest BCUT2D eigenvalue weighted by atomic mass is 35.5.